The number of piperidine rings is 1. The SMILES string of the molecule is Cn1ccc2ccc(C(=O)NC[C@H]3CCCN(S(C)(=O)=O)C3)cc21. The number of benzene rings is 1. The lowest BCUT2D eigenvalue weighted by Crippen LogP contribution is -2.43. The second-order valence-electron chi connectivity index (χ2n) is 6.54. The zero-order valence-electron chi connectivity index (χ0n) is 14.0. The van der Waals surface area contributed by atoms with E-state index in [2.05, 4.69) is 5.32 Å². The van der Waals surface area contributed by atoms with Crippen molar-refractivity contribution in [1.82, 2.24) is 14.2 Å². The number of aryl methyl sites for hydroxylation is 1. The van der Waals surface area contributed by atoms with Crippen LogP contribution in [0.2, 0.25) is 0 Å². The van der Waals surface area contributed by atoms with E-state index in [1.165, 1.54) is 10.6 Å². The van der Waals surface area contributed by atoms with Gasteiger partial charge in [-0.2, -0.15) is 0 Å². The Morgan fingerprint density at radius 3 is 2.88 bits per heavy atom. The van der Waals surface area contributed by atoms with E-state index in [9.17, 15) is 13.2 Å². The molecule has 1 aliphatic heterocycles. The zero-order chi connectivity index (χ0) is 17.3. The Bertz CT molecular complexity index is 857. The molecule has 7 heteroatoms. The smallest absolute Gasteiger partial charge is 0.251 e. The molecule has 1 fully saturated rings. The molecule has 1 atom stereocenters. The molecule has 0 bridgehead atoms. The summed E-state index contributed by atoms with van der Waals surface area (Å²) in [5.41, 5.74) is 1.64. The summed E-state index contributed by atoms with van der Waals surface area (Å²) in [6, 6.07) is 7.66. The number of nitrogens with zero attached hydrogens (tertiary/aromatic N) is 2. The van der Waals surface area contributed by atoms with Crippen LogP contribution in [-0.4, -0.2) is 49.1 Å². The second-order valence-corrected chi connectivity index (χ2v) is 8.52. The van der Waals surface area contributed by atoms with Crippen LogP contribution in [0.5, 0.6) is 0 Å². The molecule has 1 N–H and O–H groups in total. The number of carbonyl (C=O) groups excluding carboxylic acids is 1. The molecular weight excluding hydrogens is 326 g/mol. The molecule has 2 aromatic rings. The summed E-state index contributed by atoms with van der Waals surface area (Å²) in [5, 5.41) is 4.05. The predicted octanol–water partition coefficient (Wildman–Crippen LogP) is 1.58. The van der Waals surface area contributed by atoms with E-state index in [1.807, 2.05) is 42.1 Å². The Morgan fingerprint density at radius 1 is 1.33 bits per heavy atom. The van der Waals surface area contributed by atoms with Crippen LogP contribution in [-0.2, 0) is 17.1 Å². The molecule has 1 aromatic heterocycles. The lowest BCUT2D eigenvalue weighted by atomic mass is 9.99. The third-order valence-electron chi connectivity index (χ3n) is 4.65. The van der Waals surface area contributed by atoms with Crippen molar-refractivity contribution in [3.8, 4) is 0 Å². The maximum absolute atomic E-state index is 12.4. The van der Waals surface area contributed by atoms with E-state index in [0.29, 0.717) is 25.2 Å². The van der Waals surface area contributed by atoms with Crippen molar-refractivity contribution in [3.05, 3.63) is 36.0 Å². The van der Waals surface area contributed by atoms with E-state index in [1.54, 1.807) is 0 Å². The minimum Gasteiger partial charge on any atom is -0.352 e. The van der Waals surface area contributed by atoms with Gasteiger partial charge in [0.05, 0.1) is 6.26 Å². The maximum atomic E-state index is 12.4. The van der Waals surface area contributed by atoms with Crippen LogP contribution in [0.25, 0.3) is 10.9 Å². The van der Waals surface area contributed by atoms with Gasteiger partial charge in [0.2, 0.25) is 10.0 Å². The van der Waals surface area contributed by atoms with Gasteiger partial charge in [0.25, 0.3) is 5.91 Å². The third-order valence-corrected chi connectivity index (χ3v) is 5.92. The quantitative estimate of drug-likeness (QED) is 0.911. The minimum absolute atomic E-state index is 0.116. The van der Waals surface area contributed by atoms with Gasteiger partial charge < -0.3 is 9.88 Å². The molecule has 1 aromatic carbocycles. The molecule has 1 aliphatic rings. The molecular formula is C17H23N3O3S. The lowest BCUT2D eigenvalue weighted by molar-refractivity contribution is 0.0941. The number of hydrogen-bond acceptors (Lipinski definition) is 3. The second kappa shape index (κ2) is 6.57. The Kier molecular flexibility index (Phi) is 4.64. The third kappa shape index (κ3) is 3.62. The monoisotopic (exact) mass is 349 g/mol. The Balaban J connectivity index is 1.63. The number of hydrogen-bond donors (Lipinski definition) is 1. The van der Waals surface area contributed by atoms with Crippen LogP contribution >= 0.6 is 0 Å². The number of nitrogens with one attached hydrogen (secondary N) is 1. The minimum atomic E-state index is -3.15. The summed E-state index contributed by atoms with van der Waals surface area (Å²) in [6.07, 6.45) is 4.98. The lowest BCUT2D eigenvalue weighted by Gasteiger charge is -2.30. The van der Waals surface area contributed by atoms with Crippen LogP contribution in [0.3, 0.4) is 0 Å². The van der Waals surface area contributed by atoms with E-state index < -0.39 is 10.0 Å². The highest BCUT2D eigenvalue weighted by Crippen LogP contribution is 2.19. The standard InChI is InChI=1S/C17H23N3O3S/c1-19-9-7-14-5-6-15(10-16(14)19)17(21)18-11-13-4-3-8-20(12-13)24(2,22)23/h5-7,9-10,13H,3-4,8,11-12H2,1-2H3,(H,18,21)/t13-/m1/s1. The van der Waals surface area contributed by atoms with Gasteiger partial charge in [-0.1, -0.05) is 6.07 Å². The average molecular weight is 349 g/mol. The first-order valence-corrected chi connectivity index (χ1v) is 9.98. The van der Waals surface area contributed by atoms with Gasteiger partial charge in [0.1, 0.15) is 0 Å². The summed E-state index contributed by atoms with van der Waals surface area (Å²) in [4.78, 5) is 12.4. The van der Waals surface area contributed by atoms with Gasteiger partial charge in [0.15, 0.2) is 0 Å². The van der Waals surface area contributed by atoms with Gasteiger partial charge in [-0.25, -0.2) is 12.7 Å². The van der Waals surface area contributed by atoms with Crippen molar-refractivity contribution in [2.24, 2.45) is 13.0 Å². The molecule has 24 heavy (non-hydrogen) atoms. The van der Waals surface area contributed by atoms with Crippen LogP contribution in [0.1, 0.15) is 23.2 Å². The van der Waals surface area contributed by atoms with E-state index in [4.69, 9.17) is 0 Å². The highest BCUT2D eigenvalue weighted by Gasteiger charge is 2.26. The predicted molar refractivity (Wildman–Crippen MR) is 94.4 cm³/mol. The Labute approximate surface area is 142 Å². The van der Waals surface area contributed by atoms with E-state index in [-0.39, 0.29) is 11.8 Å². The van der Waals surface area contributed by atoms with Crippen LogP contribution in [0.15, 0.2) is 30.5 Å². The van der Waals surface area contributed by atoms with Crippen LogP contribution < -0.4 is 5.32 Å². The zero-order valence-corrected chi connectivity index (χ0v) is 14.8. The molecule has 0 aliphatic carbocycles. The number of carbonyl (C=O) groups is 1. The van der Waals surface area contributed by atoms with E-state index in [0.717, 1.165) is 23.7 Å². The van der Waals surface area contributed by atoms with Crippen LogP contribution in [0.4, 0.5) is 0 Å². The van der Waals surface area contributed by atoms with Crippen molar-refractivity contribution in [2.45, 2.75) is 12.8 Å². The first-order valence-electron chi connectivity index (χ1n) is 8.13. The average Bonchev–Trinajstić information content (AvgIpc) is 2.93. The number of aromatic nitrogens is 1. The molecule has 0 saturated carbocycles. The van der Waals surface area contributed by atoms with Crippen molar-refractivity contribution < 1.29 is 13.2 Å². The highest BCUT2D eigenvalue weighted by molar-refractivity contribution is 7.88. The van der Waals surface area contributed by atoms with E-state index >= 15 is 0 Å². The fraction of sp³-hybridized carbons (Fsp3) is 0.471. The Hall–Kier alpha value is -1.86. The van der Waals surface area contributed by atoms with Gasteiger partial charge in [-0.3, -0.25) is 4.79 Å². The van der Waals surface area contributed by atoms with Crippen molar-refractivity contribution in [1.29, 1.82) is 0 Å². The molecule has 130 valence electrons. The normalized spacial score (nSPS) is 19.5. The summed E-state index contributed by atoms with van der Waals surface area (Å²) in [6.45, 7) is 1.55. The Morgan fingerprint density at radius 2 is 2.12 bits per heavy atom. The molecule has 6 nitrogen and oxygen atoms in total. The topological polar surface area (TPSA) is 71.4 Å². The van der Waals surface area contributed by atoms with Crippen molar-refractivity contribution in [3.63, 3.8) is 0 Å². The first-order chi connectivity index (χ1) is 11.3. The molecule has 2 heterocycles. The number of amides is 1. The number of rotatable bonds is 4. The molecule has 0 radical (unpaired) electrons. The number of sulfonamides is 1. The summed E-state index contributed by atoms with van der Waals surface area (Å²) >= 11 is 0. The maximum Gasteiger partial charge on any atom is 0.251 e. The molecule has 3 rings (SSSR count). The molecule has 0 spiro atoms. The fourth-order valence-corrected chi connectivity index (χ4v) is 4.18. The largest absolute Gasteiger partial charge is 0.352 e. The van der Waals surface area contributed by atoms with Gasteiger partial charge in [0, 0.05) is 44.0 Å². The molecule has 0 unspecified atom stereocenters. The number of fused-ring (bicyclic) bond motifs is 1. The first kappa shape index (κ1) is 17.0. The molecule has 1 amide bonds. The van der Waals surface area contributed by atoms with Gasteiger partial charge >= 0.3 is 0 Å². The fourth-order valence-electron chi connectivity index (χ4n) is 3.24. The van der Waals surface area contributed by atoms with Gasteiger partial charge in [-0.05, 0) is 42.3 Å². The molecule has 1 saturated heterocycles. The van der Waals surface area contributed by atoms with Crippen molar-refractivity contribution in [2.75, 3.05) is 25.9 Å². The van der Waals surface area contributed by atoms with Crippen LogP contribution in [0, 0.1) is 5.92 Å². The van der Waals surface area contributed by atoms with Gasteiger partial charge in [-0.15, -0.1) is 0 Å². The highest BCUT2D eigenvalue weighted by atomic mass is 32.2. The summed E-state index contributed by atoms with van der Waals surface area (Å²) < 4.78 is 26.8. The summed E-state index contributed by atoms with van der Waals surface area (Å²) in [7, 11) is -1.20. The summed E-state index contributed by atoms with van der Waals surface area (Å²) in [5.74, 6) is 0.0470. The van der Waals surface area contributed by atoms with Crippen molar-refractivity contribution >= 4 is 26.8 Å².